The van der Waals surface area contributed by atoms with Crippen molar-refractivity contribution in [3.63, 3.8) is 0 Å². The van der Waals surface area contributed by atoms with Gasteiger partial charge in [0.1, 0.15) is 11.5 Å². The molecule has 1 aliphatic carbocycles. The quantitative estimate of drug-likeness (QED) is 0.291. The first-order valence-corrected chi connectivity index (χ1v) is 10.4. The van der Waals surface area contributed by atoms with Gasteiger partial charge in [-0.2, -0.15) is 0 Å². The first-order chi connectivity index (χ1) is 14.0. The van der Waals surface area contributed by atoms with Crippen LogP contribution in [0.3, 0.4) is 0 Å². The summed E-state index contributed by atoms with van der Waals surface area (Å²) in [4.78, 5) is 19.2. The Hall–Kier alpha value is -1.71. The highest BCUT2D eigenvalue weighted by atomic mass is 127. The van der Waals surface area contributed by atoms with Gasteiger partial charge in [-0.3, -0.25) is 9.79 Å². The molecule has 7 nitrogen and oxygen atoms in total. The van der Waals surface area contributed by atoms with Crippen LogP contribution in [-0.2, 0) is 11.2 Å². The van der Waals surface area contributed by atoms with Crippen LogP contribution >= 0.6 is 24.0 Å². The smallest absolute Gasteiger partial charge is 0.230 e. The van der Waals surface area contributed by atoms with E-state index < -0.39 is 0 Å². The van der Waals surface area contributed by atoms with Crippen molar-refractivity contribution >= 4 is 35.8 Å². The second-order valence-electron chi connectivity index (χ2n) is 7.74. The van der Waals surface area contributed by atoms with E-state index in [1.807, 2.05) is 39.2 Å². The molecule has 0 bridgehead atoms. The highest BCUT2D eigenvalue weighted by Gasteiger charge is 2.42. The Morgan fingerprint density at radius 2 is 1.87 bits per heavy atom. The minimum Gasteiger partial charge on any atom is -0.497 e. The number of benzene rings is 1. The summed E-state index contributed by atoms with van der Waals surface area (Å²) in [5.41, 5.74) is 0.715. The molecule has 1 amide bonds. The molecule has 1 saturated carbocycles. The number of guanidine groups is 1. The van der Waals surface area contributed by atoms with E-state index in [1.165, 1.54) is 0 Å². The fourth-order valence-electron chi connectivity index (χ4n) is 3.93. The molecule has 170 valence electrons. The van der Waals surface area contributed by atoms with E-state index >= 15 is 0 Å². The standard InChI is InChI=1S/C22H36N4O3.HI/c1-6-23-21(25-16-22(12-7-8-13-22)20(27)26(2)3)24-14-11-17-15-18(28-4)9-10-19(17)29-5;/h9-10,15H,6-8,11-14,16H2,1-5H3,(H2,23,24,25);1H. The maximum absolute atomic E-state index is 12.8. The molecule has 1 aliphatic rings. The lowest BCUT2D eigenvalue weighted by molar-refractivity contribution is -0.138. The zero-order chi connectivity index (χ0) is 21.3. The number of nitrogens with one attached hydrogen (secondary N) is 2. The van der Waals surface area contributed by atoms with Crippen LogP contribution in [0.2, 0.25) is 0 Å². The fourth-order valence-corrected chi connectivity index (χ4v) is 3.93. The van der Waals surface area contributed by atoms with Gasteiger partial charge in [0.2, 0.25) is 5.91 Å². The lowest BCUT2D eigenvalue weighted by Gasteiger charge is -2.29. The number of methoxy groups -OCH3 is 2. The van der Waals surface area contributed by atoms with Crippen LogP contribution in [0.4, 0.5) is 0 Å². The van der Waals surface area contributed by atoms with Crippen molar-refractivity contribution in [1.29, 1.82) is 0 Å². The number of rotatable bonds is 9. The summed E-state index contributed by atoms with van der Waals surface area (Å²) in [6.45, 7) is 4.02. The van der Waals surface area contributed by atoms with Gasteiger partial charge >= 0.3 is 0 Å². The van der Waals surface area contributed by atoms with Gasteiger partial charge in [-0.15, -0.1) is 24.0 Å². The van der Waals surface area contributed by atoms with Crippen LogP contribution in [0.15, 0.2) is 23.2 Å². The molecule has 1 aromatic carbocycles. The van der Waals surface area contributed by atoms with Gasteiger partial charge in [0, 0.05) is 27.2 Å². The third kappa shape index (κ3) is 6.92. The van der Waals surface area contributed by atoms with Crippen LogP contribution in [0.5, 0.6) is 11.5 Å². The molecule has 1 aromatic rings. The highest BCUT2D eigenvalue weighted by Crippen LogP contribution is 2.39. The van der Waals surface area contributed by atoms with Crippen molar-refractivity contribution in [1.82, 2.24) is 15.5 Å². The van der Waals surface area contributed by atoms with E-state index in [0.717, 1.165) is 61.7 Å². The summed E-state index contributed by atoms with van der Waals surface area (Å²) in [6.07, 6.45) is 4.78. The van der Waals surface area contributed by atoms with Gasteiger partial charge < -0.3 is 25.0 Å². The molecule has 2 N–H and O–H groups in total. The van der Waals surface area contributed by atoms with Crippen LogP contribution in [-0.4, -0.2) is 64.7 Å². The molecule has 8 heteroatoms. The fraction of sp³-hybridized carbons (Fsp3) is 0.636. The molecule has 30 heavy (non-hydrogen) atoms. The minimum atomic E-state index is -0.359. The monoisotopic (exact) mass is 532 g/mol. The van der Waals surface area contributed by atoms with Crippen molar-refractivity contribution in [2.24, 2.45) is 10.4 Å². The number of aliphatic imine (C=N–C) groups is 1. The summed E-state index contributed by atoms with van der Waals surface area (Å²) in [6, 6.07) is 5.81. The Bertz CT molecular complexity index is 704. The van der Waals surface area contributed by atoms with Crippen LogP contribution in [0, 0.1) is 5.41 Å². The van der Waals surface area contributed by atoms with E-state index in [1.54, 1.807) is 19.1 Å². The maximum atomic E-state index is 12.8. The summed E-state index contributed by atoms with van der Waals surface area (Å²) >= 11 is 0. The Balaban J connectivity index is 0.00000450. The van der Waals surface area contributed by atoms with Crippen molar-refractivity contribution in [2.75, 3.05) is 47.9 Å². The zero-order valence-corrected chi connectivity index (χ0v) is 21.2. The van der Waals surface area contributed by atoms with Crippen LogP contribution in [0.1, 0.15) is 38.2 Å². The van der Waals surface area contributed by atoms with Crippen molar-refractivity contribution in [3.05, 3.63) is 23.8 Å². The molecule has 0 saturated heterocycles. The van der Waals surface area contributed by atoms with E-state index in [2.05, 4.69) is 10.6 Å². The third-order valence-electron chi connectivity index (χ3n) is 5.48. The third-order valence-corrected chi connectivity index (χ3v) is 5.48. The van der Waals surface area contributed by atoms with Gasteiger partial charge in [-0.1, -0.05) is 12.8 Å². The van der Waals surface area contributed by atoms with E-state index in [0.29, 0.717) is 13.1 Å². The lowest BCUT2D eigenvalue weighted by Crippen LogP contribution is -2.43. The molecule has 2 rings (SSSR count). The molecule has 0 unspecified atom stereocenters. The van der Waals surface area contributed by atoms with Gasteiger partial charge in [0.15, 0.2) is 5.96 Å². The second kappa shape index (κ2) is 12.9. The summed E-state index contributed by atoms with van der Waals surface area (Å²) < 4.78 is 10.8. The van der Waals surface area contributed by atoms with Gasteiger partial charge in [-0.25, -0.2) is 0 Å². The Morgan fingerprint density at radius 1 is 1.17 bits per heavy atom. The van der Waals surface area contributed by atoms with Crippen molar-refractivity contribution in [2.45, 2.75) is 39.0 Å². The van der Waals surface area contributed by atoms with E-state index in [-0.39, 0.29) is 35.3 Å². The SMILES string of the molecule is CCNC(=NCC1(C(=O)N(C)C)CCCC1)NCCc1cc(OC)ccc1OC.I. The Kier molecular flexibility index (Phi) is 11.3. The molecular formula is C22H37IN4O3. The summed E-state index contributed by atoms with van der Waals surface area (Å²) in [5.74, 6) is 2.59. The highest BCUT2D eigenvalue weighted by molar-refractivity contribution is 14.0. The van der Waals surface area contributed by atoms with Crippen molar-refractivity contribution < 1.29 is 14.3 Å². The summed E-state index contributed by atoms with van der Waals surface area (Å²) in [5, 5.41) is 6.67. The first-order valence-electron chi connectivity index (χ1n) is 10.4. The molecule has 0 spiro atoms. The molecule has 0 atom stereocenters. The number of carbonyl (C=O) groups is 1. The maximum Gasteiger partial charge on any atom is 0.230 e. The largest absolute Gasteiger partial charge is 0.497 e. The number of hydrogen-bond acceptors (Lipinski definition) is 4. The second-order valence-corrected chi connectivity index (χ2v) is 7.74. The zero-order valence-electron chi connectivity index (χ0n) is 18.9. The summed E-state index contributed by atoms with van der Waals surface area (Å²) in [7, 11) is 6.99. The number of carbonyl (C=O) groups excluding carboxylic acids is 1. The Morgan fingerprint density at radius 3 is 2.43 bits per heavy atom. The van der Waals surface area contributed by atoms with E-state index in [9.17, 15) is 4.79 Å². The molecule has 0 aromatic heterocycles. The van der Waals surface area contributed by atoms with Gasteiger partial charge in [0.25, 0.3) is 0 Å². The van der Waals surface area contributed by atoms with Gasteiger partial charge in [0.05, 0.1) is 26.2 Å². The lowest BCUT2D eigenvalue weighted by atomic mass is 9.85. The molecular weight excluding hydrogens is 495 g/mol. The predicted octanol–water partition coefficient (Wildman–Crippen LogP) is 3.07. The number of halogens is 1. The molecule has 0 heterocycles. The van der Waals surface area contributed by atoms with E-state index in [4.69, 9.17) is 14.5 Å². The average molecular weight is 532 g/mol. The topological polar surface area (TPSA) is 75.2 Å². The normalized spacial score (nSPS) is 15.2. The predicted molar refractivity (Wildman–Crippen MR) is 132 cm³/mol. The molecule has 0 radical (unpaired) electrons. The van der Waals surface area contributed by atoms with Gasteiger partial charge in [-0.05, 0) is 49.9 Å². The number of hydrogen-bond donors (Lipinski definition) is 2. The molecule has 0 aliphatic heterocycles. The number of ether oxygens (including phenoxy) is 2. The minimum absolute atomic E-state index is 0. The number of amides is 1. The van der Waals surface area contributed by atoms with Crippen LogP contribution in [0.25, 0.3) is 0 Å². The Labute approximate surface area is 198 Å². The van der Waals surface area contributed by atoms with Crippen molar-refractivity contribution in [3.8, 4) is 11.5 Å². The molecule has 1 fully saturated rings. The first kappa shape index (κ1) is 26.3. The van der Waals surface area contributed by atoms with Crippen LogP contribution < -0.4 is 20.1 Å². The average Bonchev–Trinajstić information content (AvgIpc) is 3.21. The number of nitrogens with zero attached hydrogens (tertiary/aromatic N) is 2.